The zero-order chi connectivity index (χ0) is 17.8. The number of aliphatic hydroxyl groups is 4. The summed E-state index contributed by atoms with van der Waals surface area (Å²) in [5.74, 6) is -2.08. The largest absolute Gasteiger partial charge is 0.480 e. The number of aliphatic hydroxyl groups excluding tert-OH is 4. The van der Waals surface area contributed by atoms with E-state index in [1.165, 1.54) is 0 Å². The van der Waals surface area contributed by atoms with E-state index in [4.69, 9.17) is 10.6 Å². The molecule has 12 heteroatoms. The number of aliphatic carboxylic acids is 1. The summed E-state index contributed by atoms with van der Waals surface area (Å²) in [6.45, 7) is 0.346. The van der Waals surface area contributed by atoms with Crippen molar-refractivity contribution in [2.45, 2.75) is 47.8 Å². The maximum atomic E-state index is 11.5. The molecule has 1 amide bonds. The maximum Gasteiger partial charge on any atom is 0.325 e. The van der Waals surface area contributed by atoms with Gasteiger partial charge in [-0.25, -0.2) is 0 Å². The van der Waals surface area contributed by atoms with E-state index in [-0.39, 0.29) is 0 Å². The maximum absolute atomic E-state index is 11.5. The van der Waals surface area contributed by atoms with Crippen LogP contribution in [0.15, 0.2) is 5.11 Å². The Morgan fingerprint density at radius 1 is 1.52 bits per heavy atom. The molecule has 6 N–H and O–H groups in total. The summed E-state index contributed by atoms with van der Waals surface area (Å²) in [6.07, 6.45) is -5.26. The van der Waals surface area contributed by atoms with Gasteiger partial charge in [0.2, 0.25) is 5.91 Å². The highest BCUT2D eigenvalue weighted by Gasteiger charge is 2.54. The second-order valence-electron chi connectivity index (χ2n) is 5.10. The number of carboxylic acid groups (broad SMARTS) is 1. The Kier molecular flexibility index (Phi) is 6.62. The van der Waals surface area contributed by atoms with Gasteiger partial charge >= 0.3 is 5.97 Å². The smallest absolute Gasteiger partial charge is 0.325 e. The summed E-state index contributed by atoms with van der Waals surface area (Å²) in [5, 5.41) is 52.5. The van der Waals surface area contributed by atoms with E-state index in [9.17, 15) is 30.0 Å². The number of carbonyl (C=O) groups is 2. The van der Waals surface area contributed by atoms with E-state index in [0.29, 0.717) is 11.8 Å². The lowest BCUT2D eigenvalue weighted by molar-refractivity contribution is -0.141. The molecule has 130 valence electrons. The zero-order valence-electron chi connectivity index (χ0n) is 12.1. The summed E-state index contributed by atoms with van der Waals surface area (Å²) in [7, 11) is 0. The van der Waals surface area contributed by atoms with Gasteiger partial charge in [-0.2, -0.15) is 0 Å². The van der Waals surface area contributed by atoms with Gasteiger partial charge in [-0.1, -0.05) is 5.11 Å². The fourth-order valence-corrected chi connectivity index (χ4v) is 3.93. The predicted molar refractivity (Wildman–Crippen MR) is 78.2 cm³/mol. The van der Waals surface area contributed by atoms with Gasteiger partial charge in [0.25, 0.3) is 0 Å². The number of thioether (sulfide) groups is 1. The van der Waals surface area contributed by atoms with Crippen LogP contribution in [0.1, 0.15) is 13.3 Å². The number of nitrogens with one attached hydrogen (secondary N) is 1. The van der Waals surface area contributed by atoms with E-state index in [1.54, 1.807) is 0 Å². The van der Waals surface area contributed by atoms with Crippen molar-refractivity contribution in [3.05, 3.63) is 10.4 Å². The Hall–Kier alpha value is -1.56. The van der Waals surface area contributed by atoms with Crippen LogP contribution in [0.4, 0.5) is 0 Å². The third kappa shape index (κ3) is 4.25. The number of carboxylic acids is 1. The Labute approximate surface area is 134 Å². The molecule has 0 bridgehead atoms. The molecule has 23 heavy (non-hydrogen) atoms. The first-order valence-electron chi connectivity index (χ1n) is 6.58. The topological polar surface area (TPSA) is 196 Å². The van der Waals surface area contributed by atoms with Crippen LogP contribution in [-0.4, -0.2) is 78.5 Å². The van der Waals surface area contributed by atoms with Gasteiger partial charge < -0.3 is 30.8 Å². The first-order valence-corrected chi connectivity index (χ1v) is 7.46. The summed E-state index contributed by atoms with van der Waals surface area (Å²) in [6, 6.07) is -1.10. The molecule has 1 aliphatic rings. The lowest BCUT2D eigenvalue weighted by Gasteiger charge is -2.44. The summed E-state index contributed by atoms with van der Waals surface area (Å²) < 4.78 is 0. The number of hydrogen-bond acceptors (Lipinski definition) is 8. The minimum atomic E-state index is -2.11. The van der Waals surface area contributed by atoms with Crippen molar-refractivity contribution < 1.29 is 35.1 Å². The average Bonchev–Trinajstić information content (AvgIpc) is 2.47. The van der Waals surface area contributed by atoms with Crippen molar-refractivity contribution in [2.24, 2.45) is 5.11 Å². The van der Waals surface area contributed by atoms with Crippen molar-refractivity contribution in [1.82, 2.24) is 5.32 Å². The van der Waals surface area contributed by atoms with Crippen LogP contribution >= 0.6 is 11.8 Å². The predicted octanol–water partition coefficient (Wildman–Crippen LogP) is -1.84. The summed E-state index contributed by atoms with van der Waals surface area (Å²) in [5.41, 5.74) is 8.59. The van der Waals surface area contributed by atoms with Crippen molar-refractivity contribution in [1.29, 1.82) is 0 Å². The third-order valence-electron chi connectivity index (χ3n) is 3.41. The van der Waals surface area contributed by atoms with Crippen LogP contribution in [0.5, 0.6) is 0 Å². The first-order chi connectivity index (χ1) is 10.7. The van der Waals surface area contributed by atoms with E-state index in [0.717, 1.165) is 6.92 Å². The number of amides is 1. The van der Waals surface area contributed by atoms with E-state index < -0.39 is 59.4 Å². The van der Waals surface area contributed by atoms with Gasteiger partial charge in [-0.3, -0.25) is 9.59 Å². The number of rotatable bonds is 6. The molecule has 0 aromatic rings. The SMILES string of the molecule is CC(=O)N[C@H]1[C@H]([C@H](O)[C@H](O)CO)S[C@@](N=[N+]=[N-])(C(=O)O)C[C@@H]1O. The molecule has 6 atom stereocenters. The van der Waals surface area contributed by atoms with Gasteiger partial charge in [-0.15, -0.1) is 11.8 Å². The second-order valence-corrected chi connectivity index (χ2v) is 6.56. The molecule has 1 heterocycles. The molecule has 11 nitrogen and oxygen atoms in total. The normalized spacial score (nSPS) is 33.2. The van der Waals surface area contributed by atoms with Crippen molar-refractivity contribution >= 4 is 23.6 Å². The molecular formula is C11H18N4O7S. The molecule has 0 spiro atoms. The van der Waals surface area contributed by atoms with Crippen LogP contribution < -0.4 is 5.32 Å². The number of carbonyl (C=O) groups excluding carboxylic acids is 1. The Morgan fingerprint density at radius 3 is 2.57 bits per heavy atom. The molecule has 1 rings (SSSR count). The standard InChI is InChI=1S/C11H18N4O7S/c1-4(17)13-7-5(18)2-11(10(21)22,14-15-12)23-9(7)8(20)6(19)3-16/h5-9,16,18-20H,2-3H2,1H3,(H,13,17)(H,21,22)/t5-,6+,7+,8+,9+,11+/m0/s1. The molecule has 1 aliphatic heterocycles. The van der Waals surface area contributed by atoms with Crippen LogP contribution in [0, 0.1) is 0 Å². The number of hydrogen-bond donors (Lipinski definition) is 6. The van der Waals surface area contributed by atoms with Gasteiger partial charge in [0, 0.05) is 18.3 Å². The molecular weight excluding hydrogens is 332 g/mol. The third-order valence-corrected chi connectivity index (χ3v) is 5.07. The Bertz CT molecular complexity index is 511. The van der Waals surface area contributed by atoms with Crippen LogP contribution in [-0.2, 0) is 9.59 Å². The van der Waals surface area contributed by atoms with Crippen molar-refractivity contribution in [3.8, 4) is 0 Å². The quantitative estimate of drug-likeness (QED) is 0.182. The van der Waals surface area contributed by atoms with Gasteiger partial charge in [0.15, 0.2) is 4.87 Å². The molecule has 0 aliphatic carbocycles. The van der Waals surface area contributed by atoms with E-state index in [1.807, 2.05) is 0 Å². The summed E-state index contributed by atoms with van der Waals surface area (Å²) in [4.78, 5) is 23.1. The highest BCUT2D eigenvalue weighted by atomic mass is 32.2. The molecule has 1 fully saturated rings. The Morgan fingerprint density at radius 2 is 2.13 bits per heavy atom. The van der Waals surface area contributed by atoms with E-state index in [2.05, 4.69) is 15.3 Å². The molecule has 1 saturated heterocycles. The van der Waals surface area contributed by atoms with Crippen molar-refractivity contribution in [3.63, 3.8) is 0 Å². The highest BCUT2D eigenvalue weighted by Crippen LogP contribution is 2.44. The lowest BCUT2D eigenvalue weighted by atomic mass is 9.94. The van der Waals surface area contributed by atoms with Crippen LogP contribution in [0.2, 0.25) is 0 Å². The van der Waals surface area contributed by atoms with Crippen LogP contribution in [0.3, 0.4) is 0 Å². The fraction of sp³-hybridized carbons (Fsp3) is 0.818. The minimum Gasteiger partial charge on any atom is -0.480 e. The second kappa shape index (κ2) is 7.81. The monoisotopic (exact) mass is 350 g/mol. The first kappa shape index (κ1) is 19.5. The average molecular weight is 350 g/mol. The molecule has 0 saturated carbocycles. The zero-order valence-corrected chi connectivity index (χ0v) is 12.9. The molecule has 0 aromatic heterocycles. The highest BCUT2D eigenvalue weighted by molar-refractivity contribution is 8.02. The van der Waals surface area contributed by atoms with Gasteiger partial charge in [0.1, 0.15) is 6.10 Å². The number of azide groups is 1. The van der Waals surface area contributed by atoms with E-state index >= 15 is 0 Å². The Balaban J connectivity index is 3.25. The van der Waals surface area contributed by atoms with Gasteiger partial charge in [-0.05, 0) is 5.53 Å². The lowest BCUT2D eigenvalue weighted by Crippen LogP contribution is -2.62. The molecule has 0 aromatic carbocycles. The number of nitrogens with zero attached hydrogens (tertiary/aromatic N) is 3. The van der Waals surface area contributed by atoms with Crippen LogP contribution in [0.25, 0.3) is 10.4 Å². The van der Waals surface area contributed by atoms with Gasteiger partial charge in [0.05, 0.1) is 30.1 Å². The fourth-order valence-electron chi connectivity index (χ4n) is 2.32. The molecule has 0 radical (unpaired) electrons. The summed E-state index contributed by atoms with van der Waals surface area (Å²) >= 11 is 0.501. The van der Waals surface area contributed by atoms with Crippen molar-refractivity contribution in [2.75, 3.05) is 6.61 Å². The minimum absolute atomic E-state index is 0.500. The molecule has 0 unspecified atom stereocenters.